The molecule has 64 heavy (non-hydrogen) atoms. The highest BCUT2D eigenvalue weighted by Crippen LogP contribution is 2.44. The highest BCUT2D eigenvalue weighted by Gasteiger charge is 2.50. The lowest BCUT2D eigenvalue weighted by atomic mass is 9.98. The Kier molecular flexibility index (Phi) is 14.6. The summed E-state index contributed by atoms with van der Waals surface area (Å²) in [6.45, 7) is -0.854. The molecular weight excluding hydrogens is 868 g/mol. The summed E-state index contributed by atoms with van der Waals surface area (Å²) in [6.07, 6.45) is -34.1. The van der Waals surface area contributed by atoms with E-state index in [1.54, 1.807) is 0 Å². The van der Waals surface area contributed by atoms with Crippen LogP contribution in [0.15, 0.2) is 40.8 Å². The van der Waals surface area contributed by atoms with Crippen LogP contribution in [0.2, 0.25) is 0 Å². The maximum absolute atomic E-state index is 11.1. The van der Waals surface area contributed by atoms with Crippen LogP contribution in [0.4, 0.5) is 0 Å². The summed E-state index contributed by atoms with van der Waals surface area (Å²) in [4.78, 5) is 0. The second kappa shape index (κ2) is 19.5. The lowest BCUT2D eigenvalue weighted by Crippen LogP contribution is -2.61. The van der Waals surface area contributed by atoms with Gasteiger partial charge in [0.05, 0.1) is 37.6 Å². The Morgan fingerprint density at radius 3 is 1.55 bits per heavy atom. The van der Waals surface area contributed by atoms with E-state index in [4.69, 9.17) is 42.3 Å². The van der Waals surface area contributed by atoms with Crippen molar-refractivity contribution >= 4 is 11.0 Å². The molecule has 4 aliphatic heterocycles. The van der Waals surface area contributed by atoms with E-state index in [1.165, 1.54) is 19.1 Å². The fourth-order valence-electron chi connectivity index (χ4n) is 7.50. The molecule has 20 atom stereocenters. The molecule has 0 aliphatic carbocycles. The molecule has 1 aromatic heterocycles. The van der Waals surface area contributed by atoms with Crippen molar-refractivity contribution in [2.75, 3.05) is 19.8 Å². The lowest BCUT2D eigenvalue weighted by molar-refractivity contribution is -0.318. The molecule has 0 spiro atoms. The lowest BCUT2D eigenvalue weighted by Gasteiger charge is -2.42. The largest absolute Gasteiger partial charge is 0.507 e. The van der Waals surface area contributed by atoms with E-state index < -0.39 is 166 Å². The van der Waals surface area contributed by atoms with Crippen LogP contribution in [0, 0.1) is 0 Å². The van der Waals surface area contributed by atoms with Gasteiger partial charge in [-0.15, -0.1) is 0 Å². The normalized spacial score (nSPS) is 40.5. The van der Waals surface area contributed by atoms with Crippen LogP contribution < -0.4 is 14.2 Å². The highest BCUT2D eigenvalue weighted by molar-refractivity contribution is 5.89. The van der Waals surface area contributed by atoms with Gasteiger partial charge in [0, 0.05) is 18.2 Å². The molecule has 16 N–H and O–H groups in total. The van der Waals surface area contributed by atoms with E-state index in [2.05, 4.69) is 0 Å². The molecule has 7 rings (SSSR count). The smallest absolute Gasteiger partial charge is 0.402 e. The number of fused-ring (bicyclic) bond motifs is 1. The summed E-state index contributed by atoms with van der Waals surface area (Å²) >= 11 is 0. The zero-order chi connectivity index (χ0) is 46.5. The van der Waals surface area contributed by atoms with Crippen LogP contribution in [-0.2, 0) is 23.7 Å². The first kappa shape index (κ1) is 48.0. The average molecular weight is 920 g/mol. The van der Waals surface area contributed by atoms with Crippen molar-refractivity contribution in [1.82, 2.24) is 0 Å². The number of rotatable bonds is 12. The maximum atomic E-state index is 11.1. The molecule has 356 valence electrons. The minimum Gasteiger partial charge on any atom is -0.507 e. The van der Waals surface area contributed by atoms with Crippen molar-refractivity contribution in [3.05, 3.63) is 36.4 Å². The van der Waals surface area contributed by atoms with Gasteiger partial charge in [-0.3, -0.25) is 0 Å². The maximum Gasteiger partial charge on any atom is 0.402 e. The van der Waals surface area contributed by atoms with E-state index in [9.17, 15) is 81.7 Å². The third kappa shape index (κ3) is 9.38. The summed E-state index contributed by atoms with van der Waals surface area (Å²) in [5.74, 6) is -2.54. The van der Waals surface area contributed by atoms with E-state index in [0.717, 1.165) is 24.3 Å². The Morgan fingerprint density at radius 1 is 0.500 bits per heavy atom. The number of aliphatic hydroxyl groups excluding tert-OH is 14. The molecular formula is C39H51O25+. The average Bonchev–Trinajstić information content (AvgIpc) is 3.27. The molecule has 0 bridgehead atoms. The fraction of sp³-hybridized carbons (Fsp3) is 0.615. The minimum atomic E-state index is -2.03. The first-order valence-electron chi connectivity index (χ1n) is 19.9. The van der Waals surface area contributed by atoms with Crippen LogP contribution in [-0.4, -0.2) is 224 Å². The number of phenolic OH excluding ortho intramolecular Hbond substituents is 2. The standard InChI is InChI=1S/C39H50O25/c1-11-23(44)27(48)31(52)36(57-11)56-10-22-26(47)30(51)34(55)39(64-22)61-19-7-14-16(5-13(42)6-17(14)59-37-32(53)28(49)24(45)20(8-40)62-37)58-35(19)12-2-3-15(43)18(4-12)60-38-33(54)29(50)25(46)21(9-41)63-38/h2-7,11,20-34,36-41,44-55H,8-10H2,1H3,(H-,42,43)/p+1/t11?,20?,21?,22?,23-,24+,25+,26+,27-,28-,29-,30?,31?,32?,33?,34?,36+,37+,38+,39+/m0/s1. The molecule has 9 unspecified atom stereocenters. The number of hydrogen-bond donors (Lipinski definition) is 16. The van der Waals surface area contributed by atoms with Crippen molar-refractivity contribution < 1.29 is 124 Å². The van der Waals surface area contributed by atoms with E-state index in [0.29, 0.717) is 0 Å². The van der Waals surface area contributed by atoms with Crippen molar-refractivity contribution in [2.24, 2.45) is 0 Å². The first-order valence-corrected chi connectivity index (χ1v) is 19.9. The predicted molar refractivity (Wildman–Crippen MR) is 204 cm³/mol. The third-order valence-corrected chi connectivity index (χ3v) is 11.4. The number of benzene rings is 2. The molecule has 2 aromatic carbocycles. The van der Waals surface area contributed by atoms with Gasteiger partial charge in [-0.1, -0.05) is 0 Å². The molecule has 4 fully saturated rings. The summed E-state index contributed by atoms with van der Waals surface area (Å²) in [5, 5.41) is 167. The van der Waals surface area contributed by atoms with Gasteiger partial charge in [0.15, 0.2) is 17.8 Å². The molecule has 5 heterocycles. The Balaban J connectivity index is 1.26. The first-order chi connectivity index (χ1) is 30.3. The number of ether oxygens (including phenoxy) is 8. The van der Waals surface area contributed by atoms with Crippen LogP contribution >= 0.6 is 0 Å². The van der Waals surface area contributed by atoms with Crippen molar-refractivity contribution in [1.29, 1.82) is 0 Å². The van der Waals surface area contributed by atoms with Gasteiger partial charge in [0.2, 0.25) is 24.6 Å². The number of hydrogen-bond acceptors (Lipinski definition) is 24. The number of aliphatic hydroxyl groups is 14. The van der Waals surface area contributed by atoms with Gasteiger partial charge in [-0.2, -0.15) is 0 Å². The van der Waals surface area contributed by atoms with Gasteiger partial charge in [-0.25, -0.2) is 4.42 Å². The Bertz CT molecular complexity index is 2060. The zero-order valence-corrected chi connectivity index (χ0v) is 33.5. The summed E-state index contributed by atoms with van der Waals surface area (Å²) in [5.41, 5.74) is -0.246. The van der Waals surface area contributed by atoms with E-state index in [-0.39, 0.29) is 28.0 Å². The molecule has 4 aliphatic rings. The predicted octanol–water partition coefficient (Wildman–Crippen LogP) is -5.82. The summed E-state index contributed by atoms with van der Waals surface area (Å²) < 4.78 is 51.6. The quantitative estimate of drug-likeness (QED) is 0.0752. The topological polar surface area (TPSA) is 409 Å². The molecule has 0 radical (unpaired) electrons. The minimum absolute atomic E-state index is 0.0434. The second-order valence-electron chi connectivity index (χ2n) is 15.8. The van der Waals surface area contributed by atoms with Crippen molar-refractivity contribution in [2.45, 2.75) is 130 Å². The van der Waals surface area contributed by atoms with E-state index in [1.807, 2.05) is 0 Å². The highest BCUT2D eigenvalue weighted by atomic mass is 16.7. The number of aromatic hydroxyl groups is 2. The summed E-state index contributed by atoms with van der Waals surface area (Å²) in [6, 6.07) is 6.80. The third-order valence-electron chi connectivity index (χ3n) is 11.4. The van der Waals surface area contributed by atoms with Crippen molar-refractivity contribution in [3.63, 3.8) is 0 Å². The monoisotopic (exact) mass is 919 g/mol. The molecule has 25 nitrogen and oxygen atoms in total. The number of phenols is 2. The van der Waals surface area contributed by atoms with Crippen LogP contribution in [0.1, 0.15) is 6.92 Å². The van der Waals surface area contributed by atoms with Crippen LogP contribution in [0.5, 0.6) is 28.7 Å². The Labute approximate surface area is 360 Å². The van der Waals surface area contributed by atoms with Gasteiger partial charge >= 0.3 is 11.3 Å². The van der Waals surface area contributed by atoms with Crippen LogP contribution in [0.25, 0.3) is 22.3 Å². The van der Waals surface area contributed by atoms with E-state index >= 15 is 0 Å². The van der Waals surface area contributed by atoms with Crippen molar-refractivity contribution in [3.8, 4) is 40.1 Å². The van der Waals surface area contributed by atoms with Gasteiger partial charge < -0.3 is 120 Å². The van der Waals surface area contributed by atoms with Gasteiger partial charge in [0.25, 0.3) is 0 Å². The Morgan fingerprint density at radius 2 is 0.984 bits per heavy atom. The van der Waals surface area contributed by atoms with Gasteiger partial charge in [-0.05, 0) is 19.1 Å². The molecule has 4 saturated heterocycles. The van der Waals surface area contributed by atoms with Crippen LogP contribution in [0.3, 0.4) is 0 Å². The molecule has 25 heteroatoms. The van der Waals surface area contributed by atoms with Gasteiger partial charge in [0.1, 0.15) is 108 Å². The second-order valence-corrected chi connectivity index (χ2v) is 15.8. The summed E-state index contributed by atoms with van der Waals surface area (Å²) in [7, 11) is 0. The molecule has 3 aromatic rings. The molecule has 0 amide bonds. The fourth-order valence-corrected chi connectivity index (χ4v) is 7.50. The zero-order valence-electron chi connectivity index (χ0n) is 33.5. The Hall–Kier alpha value is -3.91. The SMILES string of the molecule is CC1O[C@@H](OCC2O[C@@H](Oc3cc4c(O[C@@H]5OC(CO)[C@@H](O)[C@H](O)C5O)cc(O)cc4[o+]c3-c3ccc(O)c(O[C@@H]4OC(CO)[C@@H](O)[C@H](O)C4O)c3)C(O)C(O)[C@@H]2O)C(O)[C@@H](O)[C@H]1O. The molecule has 0 saturated carbocycles.